The second kappa shape index (κ2) is 18.9. The van der Waals surface area contributed by atoms with Crippen molar-refractivity contribution < 1.29 is 0 Å². The summed E-state index contributed by atoms with van der Waals surface area (Å²) < 4.78 is 0. The zero-order valence-electron chi connectivity index (χ0n) is 24.1. The van der Waals surface area contributed by atoms with E-state index in [0.717, 1.165) is 0 Å². The fourth-order valence-corrected chi connectivity index (χ4v) is 5.77. The zero-order valence-corrected chi connectivity index (χ0v) is 24.1. The largest absolute Gasteiger partial charge is 0.356 e. The van der Waals surface area contributed by atoms with Gasteiger partial charge in [-0.1, -0.05) is 123 Å². The minimum Gasteiger partial charge on any atom is -0.356 e. The van der Waals surface area contributed by atoms with Gasteiger partial charge in [-0.05, 0) is 12.8 Å². The van der Waals surface area contributed by atoms with Crippen molar-refractivity contribution in [1.29, 1.82) is 0 Å². The Labute approximate surface area is 219 Å². The molecule has 0 saturated heterocycles. The second-order valence-corrected chi connectivity index (χ2v) is 11.2. The first-order valence-electron chi connectivity index (χ1n) is 15.5. The summed E-state index contributed by atoms with van der Waals surface area (Å²) in [5.41, 5.74) is 0. The van der Waals surface area contributed by atoms with Crippen molar-refractivity contribution in [1.82, 2.24) is 19.6 Å². The van der Waals surface area contributed by atoms with Crippen molar-refractivity contribution >= 4 is 0 Å². The molecule has 0 N–H and O–H groups in total. The first-order chi connectivity index (χ1) is 17.2. The van der Waals surface area contributed by atoms with Crippen LogP contribution < -0.4 is 0 Å². The summed E-state index contributed by atoms with van der Waals surface area (Å²) in [6, 6.07) is 0. The number of likely N-dealkylation sites (N-methyl/N-ethyl adjacent to an activating group) is 2. The number of hydrogen-bond acceptors (Lipinski definition) is 4. The molecule has 0 saturated carbocycles. The lowest BCUT2D eigenvalue weighted by molar-refractivity contribution is 0.0228. The Morgan fingerprint density at radius 1 is 0.400 bits per heavy atom. The van der Waals surface area contributed by atoms with E-state index in [2.05, 4.69) is 72.3 Å². The maximum absolute atomic E-state index is 2.60. The molecule has 2 atom stereocenters. The maximum Gasteiger partial charge on any atom is 0.141 e. The second-order valence-electron chi connectivity index (χ2n) is 11.2. The topological polar surface area (TPSA) is 13.0 Å². The molecule has 2 aliphatic rings. The predicted octanol–water partition coefficient (Wildman–Crippen LogP) is 8.53. The van der Waals surface area contributed by atoms with Crippen LogP contribution in [0.3, 0.4) is 0 Å². The summed E-state index contributed by atoms with van der Waals surface area (Å²) in [5, 5.41) is 0. The fraction of sp³-hybridized carbons (Fsp3) is 0.871. The van der Waals surface area contributed by atoms with E-state index < -0.39 is 0 Å². The van der Waals surface area contributed by atoms with Crippen molar-refractivity contribution in [3.05, 3.63) is 24.8 Å². The molecule has 0 aromatic carbocycles. The Balaban J connectivity index is 1.63. The van der Waals surface area contributed by atoms with E-state index >= 15 is 0 Å². The van der Waals surface area contributed by atoms with Gasteiger partial charge in [0.05, 0.1) is 0 Å². The SMILES string of the molecule is CCCCCCCCCCCCN1C=CN(C)C1C1N(C)C=CN1CCCCCCCCCCC. The number of hydrogen-bond donors (Lipinski definition) is 0. The van der Waals surface area contributed by atoms with Gasteiger partial charge in [0.25, 0.3) is 0 Å². The number of unbranched alkanes of at least 4 members (excludes halogenated alkanes) is 17. The molecular formula is C31H60N4. The molecule has 0 radical (unpaired) electrons. The summed E-state index contributed by atoms with van der Waals surface area (Å²) in [5.74, 6) is 0. The Hall–Kier alpha value is -1.32. The van der Waals surface area contributed by atoms with Crippen LogP contribution in [-0.2, 0) is 0 Å². The first kappa shape index (κ1) is 29.9. The van der Waals surface area contributed by atoms with Gasteiger partial charge >= 0.3 is 0 Å². The standard InChI is InChI=1S/C31H60N4/c1-5-7-9-11-13-15-17-19-21-23-25-35-29-27-33(4)31(35)30-32(3)26-28-34(30)24-22-20-18-16-14-12-10-8-6-2/h26-31H,5-25H2,1-4H3. The highest BCUT2D eigenvalue weighted by atomic mass is 15.5. The molecule has 2 aliphatic heterocycles. The molecule has 2 heterocycles. The molecule has 0 aromatic rings. The highest BCUT2D eigenvalue weighted by Gasteiger charge is 2.38. The first-order valence-corrected chi connectivity index (χ1v) is 15.5. The Bertz CT molecular complexity index is 560. The van der Waals surface area contributed by atoms with Gasteiger partial charge in [0.1, 0.15) is 12.3 Å². The molecule has 0 bridgehead atoms. The summed E-state index contributed by atoms with van der Waals surface area (Å²) in [4.78, 5) is 10.0. The van der Waals surface area contributed by atoms with Gasteiger partial charge in [0.2, 0.25) is 0 Å². The quantitative estimate of drug-likeness (QED) is 0.142. The van der Waals surface area contributed by atoms with Gasteiger partial charge in [-0.15, -0.1) is 0 Å². The smallest absolute Gasteiger partial charge is 0.141 e. The molecule has 35 heavy (non-hydrogen) atoms. The molecule has 2 unspecified atom stereocenters. The molecule has 204 valence electrons. The average molecular weight is 489 g/mol. The van der Waals surface area contributed by atoms with Gasteiger partial charge in [-0.3, -0.25) is 0 Å². The van der Waals surface area contributed by atoms with Gasteiger partial charge in [0.15, 0.2) is 0 Å². The van der Waals surface area contributed by atoms with E-state index in [-0.39, 0.29) is 0 Å². The van der Waals surface area contributed by atoms with E-state index in [9.17, 15) is 0 Å². The number of rotatable bonds is 22. The Morgan fingerprint density at radius 2 is 0.686 bits per heavy atom. The van der Waals surface area contributed by atoms with E-state index in [1.807, 2.05) is 0 Å². The molecular weight excluding hydrogens is 428 g/mol. The summed E-state index contributed by atoms with van der Waals surface area (Å²) in [6.07, 6.45) is 36.7. The molecule has 0 spiro atoms. The lowest BCUT2D eigenvalue weighted by Crippen LogP contribution is -2.56. The van der Waals surface area contributed by atoms with Gasteiger partial charge < -0.3 is 19.6 Å². The molecule has 4 nitrogen and oxygen atoms in total. The average Bonchev–Trinajstić information content (AvgIpc) is 3.40. The third-order valence-electron chi connectivity index (χ3n) is 8.06. The molecule has 4 heteroatoms. The van der Waals surface area contributed by atoms with Crippen LogP contribution in [-0.4, -0.2) is 59.1 Å². The maximum atomic E-state index is 2.60. The number of nitrogens with zero attached hydrogens (tertiary/aromatic N) is 4. The fourth-order valence-electron chi connectivity index (χ4n) is 5.77. The van der Waals surface area contributed by atoms with E-state index in [1.165, 1.54) is 135 Å². The summed E-state index contributed by atoms with van der Waals surface area (Å²) >= 11 is 0. The van der Waals surface area contributed by atoms with Crippen LogP contribution in [0, 0.1) is 0 Å². The van der Waals surface area contributed by atoms with Crippen LogP contribution in [0.1, 0.15) is 136 Å². The molecule has 0 aliphatic carbocycles. The van der Waals surface area contributed by atoms with Crippen molar-refractivity contribution in [3.8, 4) is 0 Å². The Kier molecular flexibility index (Phi) is 16.1. The van der Waals surface area contributed by atoms with E-state index in [0.29, 0.717) is 12.3 Å². The summed E-state index contributed by atoms with van der Waals surface area (Å²) in [6.45, 7) is 6.96. The van der Waals surface area contributed by atoms with Crippen molar-refractivity contribution in [3.63, 3.8) is 0 Å². The monoisotopic (exact) mass is 488 g/mol. The van der Waals surface area contributed by atoms with E-state index in [1.54, 1.807) is 0 Å². The normalized spacial score (nSPS) is 19.7. The zero-order chi connectivity index (χ0) is 25.1. The molecule has 0 fully saturated rings. The van der Waals surface area contributed by atoms with Crippen molar-refractivity contribution in [2.24, 2.45) is 0 Å². The van der Waals surface area contributed by atoms with Gasteiger partial charge in [0, 0.05) is 52.0 Å². The highest BCUT2D eigenvalue weighted by Crippen LogP contribution is 2.27. The summed E-state index contributed by atoms with van der Waals surface area (Å²) in [7, 11) is 4.50. The van der Waals surface area contributed by atoms with Gasteiger partial charge in [-0.2, -0.15) is 0 Å². The van der Waals surface area contributed by atoms with Crippen molar-refractivity contribution in [2.75, 3.05) is 27.2 Å². The lowest BCUT2D eigenvalue weighted by atomic mass is 10.1. The highest BCUT2D eigenvalue weighted by molar-refractivity contribution is 5.06. The van der Waals surface area contributed by atoms with Crippen molar-refractivity contribution in [2.45, 2.75) is 148 Å². The third kappa shape index (κ3) is 11.5. The molecule has 2 rings (SSSR count). The third-order valence-corrected chi connectivity index (χ3v) is 8.06. The lowest BCUT2D eigenvalue weighted by Gasteiger charge is -2.42. The predicted molar refractivity (Wildman–Crippen MR) is 154 cm³/mol. The van der Waals surface area contributed by atoms with Gasteiger partial charge in [-0.25, -0.2) is 0 Å². The van der Waals surface area contributed by atoms with Crippen LogP contribution in [0.4, 0.5) is 0 Å². The Morgan fingerprint density at radius 3 is 1.00 bits per heavy atom. The van der Waals surface area contributed by atoms with Crippen LogP contribution in [0.2, 0.25) is 0 Å². The molecule has 0 aromatic heterocycles. The van der Waals surface area contributed by atoms with Crippen LogP contribution in [0.5, 0.6) is 0 Å². The van der Waals surface area contributed by atoms with Crippen LogP contribution in [0.15, 0.2) is 24.8 Å². The van der Waals surface area contributed by atoms with E-state index in [4.69, 9.17) is 0 Å². The minimum absolute atomic E-state index is 0.409. The van der Waals surface area contributed by atoms with Crippen LogP contribution in [0.25, 0.3) is 0 Å². The van der Waals surface area contributed by atoms with Crippen LogP contribution >= 0.6 is 0 Å². The molecule has 0 amide bonds. The minimum atomic E-state index is 0.409.